The molecule has 0 aliphatic carbocycles. The van der Waals surface area contributed by atoms with Crippen LogP contribution in [0.1, 0.15) is 5.69 Å². The van der Waals surface area contributed by atoms with Crippen LogP contribution >= 0.6 is 0 Å². The van der Waals surface area contributed by atoms with Gasteiger partial charge in [0.25, 0.3) is 0 Å². The number of nitrogens with one attached hydrogen (secondary N) is 1. The molecule has 3 rings (SSSR count). The maximum Gasteiger partial charge on any atom is 0.426 e. The molecular formula is C18H16BNO2. The molecule has 22 heavy (non-hydrogen) atoms. The topological polar surface area (TPSA) is 42.1 Å². The van der Waals surface area contributed by atoms with Gasteiger partial charge in [-0.05, 0) is 17.8 Å². The van der Waals surface area contributed by atoms with Crippen molar-refractivity contribution in [2.24, 2.45) is 0 Å². The molecule has 0 atom stereocenters. The lowest BCUT2D eigenvalue weighted by Crippen LogP contribution is -2.48. The van der Waals surface area contributed by atoms with E-state index in [1.165, 1.54) is 6.07 Å². The van der Waals surface area contributed by atoms with E-state index in [-0.39, 0.29) is 12.3 Å². The first kappa shape index (κ1) is 14.2. The number of hydrogen-bond donors (Lipinski definition) is 1. The van der Waals surface area contributed by atoms with Crippen molar-refractivity contribution < 1.29 is 4.65 Å². The maximum absolute atomic E-state index is 12.1. The fourth-order valence-corrected chi connectivity index (χ4v) is 2.42. The highest BCUT2D eigenvalue weighted by molar-refractivity contribution is 6.80. The van der Waals surface area contributed by atoms with Crippen LogP contribution in [-0.2, 0) is 0 Å². The summed E-state index contributed by atoms with van der Waals surface area (Å²) < 4.78 is 6.10. The zero-order valence-corrected chi connectivity index (χ0v) is 12.3. The molecule has 0 saturated carbocycles. The second kappa shape index (κ2) is 6.35. The summed E-state index contributed by atoms with van der Waals surface area (Å²) in [6.07, 6.45) is 1.63. The van der Waals surface area contributed by atoms with Crippen LogP contribution in [-0.4, -0.2) is 11.9 Å². The van der Waals surface area contributed by atoms with Crippen LogP contribution in [0.2, 0.25) is 0 Å². The highest BCUT2D eigenvalue weighted by Gasteiger charge is 2.24. The Morgan fingerprint density at radius 2 is 1.41 bits per heavy atom. The van der Waals surface area contributed by atoms with Crippen LogP contribution in [0.5, 0.6) is 5.75 Å². The van der Waals surface area contributed by atoms with Gasteiger partial charge in [-0.1, -0.05) is 60.7 Å². The van der Waals surface area contributed by atoms with E-state index in [4.69, 9.17) is 4.65 Å². The van der Waals surface area contributed by atoms with Crippen molar-refractivity contribution in [2.45, 2.75) is 6.92 Å². The first-order valence-electron chi connectivity index (χ1n) is 7.20. The summed E-state index contributed by atoms with van der Waals surface area (Å²) in [6.45, 7) is 1.52. The highest BCUT2D eigenvalue weighted by atomic mass is 16.4. The third kappa shape index (κ3) is 2.96. The molecule has 0 aliphatic rings. The standard InChI is InChI=1S/C18H16BNO2/c1-14-18(17(21)12-13-20-14)22-19(15-8-4-2-5-9-15)16-10-6-3-7-11-16/h2-13H,1H3,(H,20,21). The van der Waals surface area contributed by atoms with Crippen LogP contribution in [0.4, 0.5) is 0 Å². The molecular weight excluding hydrogens is 273 g/mol. The molecule has 1 aromatic heterocycles. The molecule has 108 valence electrons. The molecule has 0 radical (unpaired) electrons. The van der Waals surface area contributed by atoms with Crippen LogP contribution in [0, 0.1) is 6.92 Å². The minimum absolute atomic E-state index is 0.117. The maximum atomic E-state index is 12.1. The fourth-order valence-electron chi connectivity index (χ4n) is 2.42. The lowest BCUT2D eigenvalue weighted by atomic mass is 9.55. The Morgan fingerprint density at radius 1 is 0.864 bits per heavy atom. The van der Waals surface area contributed by atoms with Crippen LogP contribution in [0.15, 0.2) is 77.7 Å². The van der Waals surface area contributed by atoms with Gasteiger partial charge in [0, 0.05) is 12.3 Å². The number of aromatic amines is 1. The zero-order chi connectivity index (χ0) is 15.4. The van der Waals surface area contributed by atoms with Crippen LogP contribution in [0.3, 0.4) is 0 Å². The van der Waals surface area contributed by atoms with Gasteiger partial charge in [0.05, 0.1) is 5.69 Å². The summed E-state index contributed by atoms with van der Waals surface area (Å²) in [5.74, 6) is 0.361. The van der Waals surface area contributed by atoms with Gasteiger partial charge in [0.15, 0.2) is 5.75 Å². The zero-order valence-electron chi connectivity index (χ0n) is 12.3. The number of aromatic nitrogens is 1. The largest absolute Gasteiger partial charge is 0.548 e. The Bertz CT molecular complexity index is 761. The number of benzene rings is 2. The smallest absolute Gasteiger partial charge is 0.426 e. The lowest BCUT2D eigenvalue weighted by Gasteiger charge is -2.17. The van der Waals surface area contributed by atoms with Gasteiger partial charge in [-0.3, -0.25) is 4.79 Å². The van der Waals surface area contributed by atoms with E-state index in [9.17, 15) is 4.79 Å². The average Bonchev–Trinajstić information content (AvgIpc) is 2.56. The molecule has 1 N–H and O–H groups in total. The van der Waals surface area contributed by atoms with E-state index >= 15 is 0 Å². The minimum Gasteiger partial charge on any atom is -0.548 e. The third-order valence-electron chi connectivity index (χ3n) is 3.54. The quantitative estimate of drug-likeness (QED) is 0.745. The number of pyridine rings is 1. The summed E-state index contributed by atoms with van der Waals surface area (Å²) in [5.41, 5.74) is 2.63. The SMILES string of the molecule is Cc1[nH]ccc(=O)c1OB(c1ccccc1)c1ccccc1. The summed E-state index contributed by atoms with van der Waals surface area (Å²) in [6, 6.07) is 21.3. The molecule has 0 aliphatic heterocycles. The predicted molar refractivity (Wildman–Crippen MR) is 90.3 cm³/mol. The van der Waals surface area contributed by atoms with Crippen molar-refractivity contribution in [3.8, 4) is 5.75 Å². The summed E-state index contributed by atoms with van der Waals surface area (Å²) in [7, 11) is 0. The highest BCUT2D eigenvalue weighted by Crippen LogP contribution is 2.09. The molecule has 0 spiro atoms. The van der Waals surface area contributed by atoms with Crippen LogP contribution < -0.4 is 21.0 Å². The number of hydrogen-bond acceptors (Lipinski definition) is 2. The second-order valence-corrected chi connectivity index (χ2v) is 5.12. The van der Waals surface area contributed by atoms with Crippen molar-refractivity contribution in [1.29, 1.82) is 0 Å². The molecule has 2 aromatic carbocycles. The van der Waals surface area contributed by atoms with E-state index in [0.717, 1.165) is 16.6 Å². The molecule has 0 amide bonds. The molecule has 3 nitrogen and oxygen atoms in total. The van der Waals surface area contributed by atoms with Gasteiger partial charge in [-0.2, -0.15) is 0 Å². The number of rotatable bonds is 4. The van der Waals surface area contributed by atoms with Crippen molar-refractivity contribution >= 4 is 17.8 Å². The summed E-state index contributed by atoms with van der Waals surface area (Å²) in [4.78, 5) is 15.1. The first-order chi connectivity index (χ1) is 10.8. The molecule has 4 heteroatoms. The Kier molecular flexibility index (Phi) is 4.10. The van der Waals surface area contributed by atoms with Crippen molar-refractivity contribution in [3.05, 3.63) is 88.8 Å². The van der Waals surface area contributed by atoms with E-state index in [2.05, 4.69) is 4.98 Å². The predicted octanol–water partition coefficient (Wildman–Crippen LogP) is 1.87. The van der Waals surface area contributed by atoms with Gasteiger partial charge in [0.1, 0.15) is 0 Å². The van der Waals surface area contributed by atoms with Crippen molar-refractivity contribution in [2.75, 3.05) is 0 Å². The molecule has 1 heterocycles. The van der Waals surface area contributed by atoms with E-state index < -0.39 is 0 Å². The molecule has 0 unspecified atom stereocenters. The monoisotopic (exact) mass is 289 g/mol. The van der Waals surface area contributed by atoms with E-state index in [1.807, 2.05) is 67.6 Å². The van der Waals surface area contributed by atoms with Gasteiger partial charge in [-0.25, -0.2) is 0 Å². The lowest BCUT2D eigenvalue weighted by molar-refractivity contribution is 0.575. The molecule has 3 aromatic rings. The van der Waals surface area contributed by atoms with Gasteiger partial charge in [-0.15, -0.1) is 0 Å². The third-order valence-corrected chi connectivity index (χ3v) is 3.54. The Hall–Kier alpha value is -2.75. The van der Waals surface area contributed by atoms with Gasteiger partial charge >= 0.3 is 6.92 Å². The Labute approximate surface area is 129 Å². The van der Waals surface area contributed by atoms with E-state index in [0.29, 0.717) is 5.75 Å². The van der Waals surface area contributed by atoms with Crippen molar-refractivity contribution in [3.63, 3.8) is 0 Å². The normalized spacial score (nSPS) is 10.2. The summed E-state index contributed by atoms with van der Waals surface area (Å²) >= 11 is 0. The number of aryl methyl sites for hydroxylation is 1. The molecule has 0 saturated heterocycles. The minimum atomic E-state index is -0.315. The van der Waals surface area contributed by atoms with E-state index in [1.54, 1.807) is 6.20 Å². The first-order valence-corrected chi connectivity index (χ1v) is 7.20. The van der Waals surface area contributed by atoms with Crippen LogP contribution in [0.25, 0.3) is 0 Å². The average molecular weight is 289 g/mol. The number of H-pyrrole nitrogens is 1. The Morgan fingerprint density at radius 3 is 1.91 bits per heavy atom. The Balaban J connectivity index is 2.05. The molecule has 0 bridgehead atoms. The van der Waals surface area contributed by atoms with Crippen molar-refractivity contribution in [1.82, 2.24) is 4.98 Å². The summed E-state index contributed by atoms with van der Waals surface area (Å²) in [5, 5.41) is 0. The fraction of sp³-hybridized carbons (Fsp3) is 0.0556. The molecule has 0 fully saturated rings. The van der Waals surface area contributed by atoms with Gasteiger partial charge < -0.3 is 9.64 Å². The second-order valence-electron chi connectivity index (χ2n) is 5.12. The van der Waals surface area contributed by atoms with Gasteiger partial charge in [0.2, 0.25) is 5.43 Å².